The second-order valence-corrected chi connectivity index (χ2v) is 1.80. The van der Waals surface area contributed by atoms with E-state index in [1.807, 2.05) is 0 Å². The van der Waals surface area contributed by atoms with Gasteiger partial charge >= 0.3 is 11.9 Å². The van der Waals surface area contributed by atoms with Gasteiger partial charge in [0.2, 0.25) is 0 Å². The van der Waals surface area contributed by atoms with Crippen molar-refractivity contribution in [2.75, 3.05) is 0 Å². The van der Waals surface area contributed by atoms with E-state index in [1.54, 1.807) is 0 Å². The fraction of sp³-hybridized carbons (Fsp3) is 0.500. The normalized spacial score (nSPS) is 13.2. The molecule has 2 unspecified atom stereocenters. The minimum atomic E-state index is -2.27. The summed E-state index contributed by atoms with van der Waals surface area (Å²) >= 11 is 0. The van der Waals surface area contributed by atoms with Gasteiger partial charge in [0.05, 0.1) is 0 Å². The molecule has 0 heterocycles. The van der Waals surface area contributed by atoms with E-state index in [-0.39, 0.29) is 0 Å². The molecule has 0 rings (SSSR count). The van der Waals surface area contributed by atoms with Crippen molar-refractivity contribution >= 4 is 18.2 Å². The van der Waals surface area contributed by atoms with Gasteiger partial charge in [0, 0.05) is 0 Å². The average molecular weight is 194 g/mol. The predicted molar refractivity (Wildman–Crippen MR) is 39.0 cm³/mol. The van der Waals surface area contributed by atoms with Gasteiger partial charge in [-0.15, -0.1) is 0 Å². The van der Waals surface area contributed by atoms with Crippen LogP contribution in [-0.4, -0.2) is 50.9 Å². The number of hydrogen-bond acceptors (Lipinski definition) is 5. The molecule has 0 aliphatic carbocycles. The Balaban J connectivity index is 0. The summed E-state index contributed by atoms with van der Waals surface area (Å²) in [4.78, 5) is 28.3. The van der Waals surface area contributed by atoms with Crippen LogP contribution in [0, 0.1) is 0 Å². The number of aldehydes is 1. The maximum Gasteiger partial charge on any atom is 0.335 e. The first kappa shape index (κ1) is 14.1. The number of rotatable bonds is 3. The molecule has 0 aromatic rings. The maximum atomic E-state index is 9.77. The van der Waals surface area contributed by atoms with Gasteiger partial charge in [-0.3, -0.25) is 0 Å². The Morgan fingerprint density at radius 2 is 1.23 bits per heavy atom. The van der Waals surface area contributed by atoms with Crippen LogP contribution < -0.4 is 0 Å². The first-order chi connectivity index (χ1) is 5.88. The van der Waals surface area contributed by atoms with Gasteiger partial charge in [-0.2, -0.15) is 0 Å². The number of aliphatic hydroxyl groups is 2. The van der Waals surface area contributed by atoms with Gasteiger partial charge in [-0.05, 0) is 6.92 Å². The molecule has 4 N–H and O–H groups in total. The van der Waals surface area contributed by atoms with Gasteiger partial charge in [-0.1, -0.05) is 0 Å². The Morgan fingerprint density at radius 1 is 1.08 bits per heavy atom. The molecule has 7 nitrogen and oxygen atoms in total. The molecule has 0 aliphatic heterocycles. The van der Waals surface area contributed by atoms with Gasteiger partial charge < -0.3 is 25.2 Å². The zero-order chi connectivity index (χ0) is 11.0. The molecule has 0 saturated carbocycles. The van der Waals surface area contributed by atoms with Crippen LogP contribution >= 0.6 is 0 Å². The highest BCUT2D eigenvalue weighted by Gasteiger charge is 2.29. The molecule has 0 radical (unpaired) electrons. The van der Waals surface area contributed by atoms with Crippen LogP contribution in [0.15, 0.2) is 0 Å². The molecular weight excluding hydrogens is 184 g/mol. The van der Waals surface area contributed by atoms with E-state index >= 15 is 0 Å². The minimum absolute atomic E-state index is 0.750. The number of aliphatic carboxylic acids is 2. The molecule has 13 heavy (non-hydrogen) atoms. The van der Waals surface area contributed by atoms with Crippen LogP contribution in [0.5, 0.6) is 0 Å². The summed E-state index contributed by atoms with van der Waals surface area (Å²) in [5, 5.41) is 32.5. The lowest BCUT2D eigenvalue weighted by atomic mass is 10.2. The smallest absolute Gasteiger partial charge is 0.335 e. The van der Waals surface area contributed by atoms with Crippen molar-refractivity contribution in [3.05, 3.63) is 0 Å². The molecule has 7 heteroatoms. The van der Waals surface area contributed by atoms with E-state index in [0.717, 1.165) is 6.29 Å². The Labute approximate surface area is 73.2 Å². The molecule has 0 spiro atoms. The lowest BCUT2D eigenvalue weighted by Gasteiger charge is -2.07. The van der Waals surface area contributed by atoms with E-state index in [9.17, 15) is 9.59 Å². The highest BCUT2D eigenvalue weighted by molar-refractivity contribution is 5.83. The summed E-state index contributed by atoms with van der Waals surface area (Å²) in [6.07, 6.45) is -3.78. The Kier molecular flexibility index (Phi) is 7.79. The molecule has 0 bridgehead atoms. The maximum absolute atomic E-state index is 9.77. The quantitative estimate of drug-likeness (QED) is 0.385. The van der Waals surface area contributed by atoms with E-state index in [4.69, 9.17) is 25.2 Å². The van der Waals surface area contributed by atoms with Crippen molar-refractivity contribution < 1.29 is 34.8 Å². The number of carbonyl (C=O) groups excluding carboxylic acids is 1. The van der Waals surface area contributed by atoms with Crippen molar-refractivity contribution in [2.45, 2.75) is 19.1 Å². The molecule has 76 valence electrons. The summed E-state index contributed by atoms with van der Waals surface area (Å²) < 4.78 is 0. The minimum Gasteiger partial charge on any atom is -0.479 e. The van der Waals surface area contributed by atoms with Gasteiger partial charge in [0.1, 0.15) is 6.29 Å². The molecule has 0 aliphatic rings. The van der Waals surface area contributed by atoms with Crippen molar-refractivity contribution in [2.24, 2.45) is 0 Å². The largest absolute Gasteiger partial charge is 0.479 e. The number of hydrogen-bond donors (Lipinski definition) is 4. The highest BCUT2D eigenvalue weighted by atomic mass is 16.4. The number of carboxylic acids is 2. The predicted octanol–water partition coefficient (Wildman–Crippen LogP) is -1.92. The number of carbonyl (C=O) groups is 3. The van der Waals surface area contributed by atoms with E-state index in [2.05, 4.69) is 0 Å². The van der Waals surface area contributed by atoms with Crippen LogP contribution in [0.1, 0.15) is 6.92 Å². The summed E-state index contributed by atoms with van der Waals surface area (Å²) in [7, 11) is 0. The average Bonchev–Trinajstić information content (AvgIpc) is 2.03. The van der Waals surface area contributed by atoms with Crippen molar-refractivity contribution in [1.82, 2.24) is 0 Å². The third kappa shape index (κ3) is 6.91. The van der Waals surface area contributed by atoms with E-state index in [1.165, 1.54) is 6.92 Å². The summed E-state index contributed by atoms with van der Waals surface area (Å²) in [6, 6.07) is 0. The first-order valence-corrected chi connectivity index (χ1v) is 3.10. The van der Waals surface area contributed by atoms with E-state index in [0.29, 0.717) is 0 Å². The fourth-order valence-corrected chi connectivity index (χ4v) is 0.270. The van der Waals surface area contributed by atoms with Crippen LogP contribution in [0.3, 0.4) is 0 Å². The van der Waals surface area contributed by atoms with Gasteiger partial charge in [-0.25, -0.2) is 9.59 Å². The van der Waals surface area contributed by atoms with Crippen LogP contribution in [0.25, 0.3) is 0 Å². The summed E-state index contributed by atoms with van der Waals surface area (Å²) in [5.41, 5.74) is 0. The van der Waals surface area contributed by atoms with Gasteiger partial charge in [0.25, 0.3) is 0 Å². The fourth-order valence-electron chi connectivity index (χ4n) is 0.270. The number of aliphatic hydroxyl groups excluding tert-OH is 2. The first-order valence-electron chi connectivity index (χ1n) is 3.10. The molecule has 2 atom stereocenters. The summed E-state index contributed by atoms with van der Waals surface area (Å²) in [5.74, 6) is -3.54. The molecule has 0 aromatic carbocycles. The number of carboxylic acid groups (broad SMARTS) is 2. The molecule has 0 fully saturated rings. The van der Waals surface area contributed by atoms with Crippen LogP contribution in [0.4, 0.5) is 0 Å². The Morgan fingerprint density at radius 3 is 1.31 bits per heavy atom. The third-order valence-corrected chi connectivity index (χ3v) is 0.805. The monoisotopic (exact) mass is 194 g/mol. The topological polar surface area (TPSA) is 132 Å². The standard InChI is InChI=1S/C4H6O6.C2H4O/c5-1(3(7)8)2(6)4(9)10;1-2-3/h1-2,5-6H,(H,7,8)(H,9,10);2H,1H3. The second kappa shape index (κ2) is 7.19. The molecule has 0 amide bonds. The SMILES string of the molecule is CC=O.O=C(O)C(O)C(O)C(=O)O. The lowest BCUT2D eigenvalue weighted by molar-refractivity contribution is -0.165. The molecule has 0 saturated heterocycles. The van der Waals surface area contributed by atoms with Crippen LogP contribution in [-0.2, 0) is 14.4 Å². The zero-order valence-electron chi connectivity index (χ0n) is 6.75. The van der Waals surface area contributed by atoms with E-state index < -0.39 is 24.1 Å². The van der Waals surface area contributed by atoms with Crippen molar-refractivity contribution in [1.29, 1.82) is 0 Å². The molecule has 0 aromatic heterocycles. The second-order valence-electron chi connectivity index (χ2n) is 1.80. The van der Waals surface area contributed by atoms with Crippen molar-refractivity contribution in [3.8, 4) is 0 Å². The zero-order valence-corrected chi connectivity index (χ0v) is 6.75. The summed E-state index contributed by atoms with van der Waals surface area (Å²) in [6.45, 7) is 1.44. The van der Waals surface area contributed by atoms with Crippen molar-refractivity contribution in [3.63, 3.8) is 0 Å². The van der Waals surface area contributed by atoms with Gasteiger partial charge in [0.15, 0.2) is 12.2 Å². The Bertz CT molecular complexity index is 169. The van der Waals surface area contributed by atoms with Crippen LogP contribution in [0.2, 0.25) is 0 Å². The third-order valence-electron chi connectivity index (χ3n) is 0.805. The molecular formula is C6H10O7. The highest BCUT2D eigenvalue weighted by Crippen LogP contribution is 1.92. The Hall–Kier alpha value is -1.47. The lowest BCUT2D eigenvalue weighted by Crippen LogP contribution is -2.39.